The first-order chi connectivity index (χ1) is 22.1. The fraction of sp³-hybridized carbons (Fsp3) is 0.286. The molecule has 0 unspecified atom stereocenters. The molecule has 0 atom stereocenters. The van der Waals surface area contributed by atoms with E-state index in [1.54, 1.807) is 23.5 Å². The normalized spacial score (nSPS) is 15.8. The number of hydrogen-bond acceptors (Lipinski definition) is 6. The van der Waals surface area contributed by atoms with E-state index in [1.165, 1.54) is 12.1 Å². The Labute approximate surface area is 265 Å². The topological polar surface area (TPSA) is 88.8 Å². The lowest BCUT2D eigenvalue weighted by molar-refractivity contribution is 0.0115. The highest BCUT2D eigenvalue weighted by molar-refractivity contribution is 5.97. The zero-order valence-corrected chi connectivity index (χ0v) is 26.2. The molecular weight excluding hydrogens is 589 g/mol. The summed E-state index contributed by atoms with van der Waals surface area (Å²) < 4.78 is 42.2. The third kappa shape index (κ3) is 6.90. The predicted molar refractivity (Wildman–Crippen MR) is 178 cm³/mol. The van der Waals surface area contributed by atoms with Gasteiger partial charge < -0.3 is 15.2 Å². The molecule has 0 radical (unpaired) electrons. The Bertz CT molecular complexity index is 2010. The van der Waals surface area contributed by atoms with Gasteiger partial charge in [-0.2, -0.15) is 5.10 Å². The van der Waals surface area contributed by atoms with Crippen LogP contribution in [0.15, 0.2) is 61.6 Å². The fourth-order valence-corrected chi connectivity index (χ4v) is 5.82. The summed E-state index contributed by atoms with van der Waals surface area (Å²) in [7, 11) is 3.99. The van der Waals surface area contributed by atoms with Crippen LogP contribution in [0.2, 0.25) is 0 Å². The van der Waals surface area contributed by atoms with Gasteiger partial charge >= 0.3 is 0 Å². The van der Waals surface area contributed by atoms with Crippen molar-refractivity contribution in [3.8, 4) is 22.5 Å². The van der Waals surface area contributed by atoms with Crippen LogP contribution in [0.5, 0.6) is 0 Å². The highest BCUT2D eigenvalue weighted by Gasteiger charge is 2.37. The predicted octanol–water partition coefficient (Wildman–Crippen LogP) is 5.26. The van der Waals surface area contributed by atoms with E-state index < -0.39 is 5.92 Å². The van der Waals surface area contributed by atoms with Gasteiger partial charge in [-0.1, -0.05) is 12.7 Å². The Kier molecular flexibility index (Phi) is 8.79. The molecule has 1 aliphatic rings. The van der Waals surface area contributed by atoms with Crippen molar-refractivity contribution in [3.63, 3.8) is 0 Å². The molecule has 8 nitrogen and oxygen atoms in total. The highest BCUT2D eigenvalue weighted by Crippen LogP contribution is 2.32. The first-order valence-electron chi connectivity index (χ1n) is 15.2. The van der Waals surface area contributed by atoms with Crippen molar-refractivity contribution in [2.75, 3.05) is 45.6 Å². The number of aromatic nitrogens is 5. The van der Waals surface area contributed by atoms with Crippen molar-refractivity contribution in [2.45, 2.75) is 25.8 Å². The Balaban J connectivity index is 1.32. The number of likely N-dealkylation sites (N-methyl/N-ethyl adjacent to an activating group) is 1. The summed E-state index contributed by atoms with van der Waals surface area (Å²) in [6.07, 6.45) is 8.88. The lowest BCUT2D eigenvalue weighted by Gasteiger charge is -2.15. The number of pyridine rings is 2. The fourth-order valence-electron chi connectivity index (χ4n) is 5.82. The van der Waals surface area contributed by atoms with Crippen LogP contribution in [0.4, 0.5) is 18.9 Å². The van der Waals surface area contributed by atoms with E-state index in [1.807, 2.05) is 57.4 Å². The van der Waals surface area contributed by atoms with Crippen molar-refractivity contribution in [2.24, 2.45) is 0 Å². The van der Waals surface area contributed by atoms with E-state index in [2.05, 4.69) is 41.9 Å². The minimum Gasteiger partial charge on any atom is -0.384 e. The maximum Gasteiger partial charge on any atom is 0.261 e. The number of nitrogens with zero attached hydrogens (tertiary/aromatic N) is 5. The van der Waals surface area contributed by atoms with Crippen LogP contribution in [0, 0.1) is 5.82 Å². The van der Waals surface area contributed by atoms with Gasteiger partial charge in [-0.05, 0) is 91.3 Å². The smallest absolute Gasteiger partial charge is 0.261 e. The summed E-state index contributed by atoms with van der Waals surface area (Å²) in [6, 6.07) is 10.8. The number of likely N-dealkylation sites (tertiary alicyclic amines) is 1. The molecule has 5 heterocycles. The molecule has 5 aromatic rings. The van der Waals surface area contributed by atoms with Gasteiger partial charge in [0.25, 0.3) is 5.92 Å². The first-order valence-corrected chi connectivity index (χ1v) is 15.2. The van der Waals surface area contributed by atoms with Crippen molar-refractivity contribution < 1.29 is 13.2 Å². The van der Waals surface area contributed by atoms with Gasteiger partial charge in [0.2, 0.25) is 0 Å². The Morgan fingerprint density at radius 2 is 2.02 bits per heavy atom. The van der Waals surface area contributed by atoms with Gasteiger partial charge in [0.15, 0.2) is 0 Å². The molecule has 1 fully saturated rings. The summed E-state index contributed by atoms with van der Waals surface area (Å²) in [5.74, 6) is -2.97. The molecule has 0 spiro atoms. The van der Waals surface area contributed by atoms with E-state index in [9.17, 15) is 13.2 Å². The number of halogens is 3. The summed E-state index contributed by atoms with van der Waals surface area (Å²) in [5, 5.41) is 13.5. The largest absolute Gasteiger partial charge is 0.384 e. The van der Waals surface area contributed by atoms with E-state index in [-0.39, 0.29) is 18.8 Å². The molecule has 46 heavy (non-hydrogen) atoms. The molecule has 1 aliphatic heterocycles. The molecule has 1 saturated heterocycles. The van der Waals surface area contributed by atoms with E-state index in [4.69, 9.17) is 0 Å². The average Bonchev–Trinajstić information content (AvgIpc) is 3.72. The number of allylic oxidation sites excluding steroid dienone is 1. The molecule has 3 N–H and O–H groups in total. The minimum absolute atomic E-state index is 0.123. The van der Waals surface area contributed by atoms with Crippen molar-refractivity contribution in [1.29, 1.82) is 0 Å². The van der Waals surface area contributed by atoms with Gasteiger partial charge in [0.05, 0.1) is 17.6 Å². The van der Waals surface area contributed by atoms with E-state index >= 15 is 0 Å². The number of rotatable bonds is 10. The van der Waals surface area contributed by atoms with Gasteiger partial charge in [-0.15, -0.1) is 0 Å². The van der Waals surface area contributed by atoms with Crippen LogP contribution in [0.1, 0.15) is 24.5 Å². The molecule has 11 heteroatoms. The summed E-state index contributed by atoms with van der Waals surface area (Å²) in [5.41, 5.74) is 6.69. The third-order valence-corrected chi connectivity index (χ3v) is 8.15. The molecule has 4 aromatic heterocycles. The van der Waals surface area contributed by atoms with Gasteiger partial charge in [0.1, 0.15) is 17.2 Å². The van der Waals surface area contributed by atoms with E-state index in [0.29, 0.717) is 42.2 Å². The highest BCUT2D eigenvalue weighted by atomic mass is 19.3. The second kappa shape index (κ2) is 12.9. The SMILES string of the molecule is C=C(/C=c1/c(-c2cc3c(-c4cc(F)cc(NCCN(C)C)c4)ccnc3[nH]2)n[nH]/c1=C/C)c1cncc(CN2CCC(F)(F)C2)c1. The van der Waals surface area contributed by atoms with Gasteiger partial charge in [-0.25, -0.2) is 18.2 Å². The van der Waals surface area contributed by atoms with Crippen molar-refractivity contribution in [3.05, 3.63) is 89.1 Å². The third-order valence-electron chi connectivity index (χ3n) is 8.15. The number of H-pyrrole nitrogens is 2. The average molecular weight is 627 g/mol. The zero-order valence-electron chi connectivity index (χ0n) is 26.2. The number of aromatic amines is 2. The second-order valence-corrected chi connectivity index (χ2v) is 12.0. The molecular formula is C35H37F3N8. The van der Waals surface area contributed by atoms with Gasteiger partial charge in [0, 0.05) is 67.5 Å². The first kappa shape index (κ1) is 31.3. The molecule has 6 rings (SSSR count). The molecule has 1 aromatic carbocycles. The van der Waals surface area contributed by atoms with Crippen LogP contribution in [0.3, 0.4) is 0 Å². The summed E-state index contributed by atoms with van der Waals surface area (Å²) >= 11 is 0. The van der Waals surface area contributed by atoms with Crippen molar-refractivity contribution in [1.82, 2.24) is 34.9 Å². The number of benzene rings is 1. The lowest BCUT2D eigenvalue weighted by Crippen LogP contribution is -2.25. The molecule has 238 valence electrons. The number of anilines is 1. The van der Waals surface area contributed by atoms with Crippen molar-refractivity contribution >= 4 is 34.4 Å². The van der Waals surface area contributed by atoms with Crippen LogP contribution < -0.4 is 15.9 Å². The quantitative estimate of drug-likeness (QED) is 0.196. The summed E-state index contributed by atoms with van der Waals surface area (Å²) in [6.45, 7) is 8.24. The standard InChI is InChI=1S/C35H37F3N8/c1-5-31-30(12-22(2)25-13-23(18-39-19-25)20-46-10-7-35(37,38)21-46)33(44-43-31)32-17-29-28(6-8-41-34(29)42-32)24-14-26(36)16-27(15-24)40-9-11-45(3)4/h5-6,8,12-19,40,43H,2,7,9-11,20-21H2,1,3-4H3,(H,41,42)/b30-12+,31-5+. The van der Waals surface area contributed by atoms with Crippen LogP contribution in [0.25, 0.3) is 51.3 Å². The molecule has 0 amide bonds. The molecule has 0 saturated carbocycles. The Morgan fingerprint density at radius 1 is 1.17 bits per heavy atom. The number of nitrogens with one attached hydrogen (secondary N) is 3. The van der Waals surface area contributed by atoms with Crippen LogP contribution in [-0.4, -0.2) is 81.1 Å². The number of fused-ring (bicyclic) bond motifs is 1. The molecule has 0 aliphatic carbocycles. The Morgan fingerprint density at radius 3 is 2.78 bits per heavy atom. The monoisotopic (exact) mass is 626 g/mol. The maximum atomic E-state index is 14.7. The van der Waals surface area contributed by atoms with Crippen LogP contribution >= 0.6 is 0 Å². The van der Waals surface area contributed by atoms with Gasteiger partial charge in [-0.3, -0.25) is 15.0 Å². The molecule has 0 bridgehead atoms. The number of hydrogen-bond donors (Lipinski definition) is 3. The lowest BCUT2D eigenvalue weighted by atomic mass is 10.0. The number of alkyl halides is 2. The second-order valence-electron chi connectivity index (χ2n) is 12.0. The maximum absolute atomic E-state index is 14.7. The Hall–Kier alpha value is -4.74. The summed E-state index contributed by atoms with van der Waals surface area (Å²) in [4.78, 5) is 16.1. The van der Waals surface area contributed by atoms with Crippen LogP contribution in [-0.2, 0) is 6.54 Å². The van der Waals surface area contributed by atoms with E-state index in [0.717, 1.165) is 50.4 Å². The zero-order chi connectivity index (χ0) is 32.4. The minimum atomic E-state index is -2.64.